The summed E-state index contributed by atoms with van der Waals surface area (Å²) >= 11 is 0. The van der Waals surface area contributed by atoms with E-state index in [2.05, 4.69) is 15.3 Å². The van der Waals surface area contributed by atoms with E-state index < -0.39 is 5.97 Å². The molecule has 0 unspecified atom stereocenters. The zero-order valence-corrected chi connectivity index (χ0v) is 10.6. The molecular weight excluding hydrogens is 262 g/mol. The maximum atomic E-state index is 11.3. The second kappa shape index (κ2) is 4.65. The molecule has 3 heterocycles. The van der Waals surface area contributed by atoms with Crippen molar-refractivity contribution in [2.24, 2.45) is 7.05 Å². The Morgan fingerprint density at radius 2 is 2.35 bits per heavy atom. The summed E-state index contributed by atoms with van der Waals surface area (Å²) in [5, 5.41) is 16.8. The highest BCUT2D eigenvalue weighted by molar-refractivity contribution is 5.91. The Hall–Kier alpha value is -2.90. The maximum Gasteiger partial charge on any atom is 0.358 e. The Kier molecular flexibility index (Phi) is 2.82. The summed E-state index contributed by atoms with van der Waals surface area (Å²) in [6, 6.07) is 3.54. The van der Waals surface area contributed by atoms with Gasteiger partial charge >= 0.3 is 5.97 Å². The average Bonchev–Trinajstić information content (AvgIpc) is 3.10. The van der Waals surface area contributed by atoms with Crippen molar-refractivity contribution in [1.82, 2.24) is 24.5 Å². The van der Waals surface area contributed by atoms with E-state index in [0.29, 0.717) is 17.3 Å². The van der Waals surface area contributed by atoms with E-state index >= 15 is 0 Å². The predicted octanol–water partition coefficient (Wildman–Crippen LogP) is 1.02. The third-order valence-corrected chi connectivity index (χ3v) is 2.86. The standard InChI is InChI=1S/C12H11N5O3/c1-16-5-4-13-11(16)10-9(12(18)19)14-15-17(10)7-8-3-2-6-20-8/h2-6H,7H2,1H3,(H,18,19). The molecule has 3 aromatic rings. The molecule has 0 aliphatic carbocycles. The van der Waals surface area contributed by atoms with Crippen LogP contribution in [0.5, 0.6) is 0 Å². The van der Waals surface area contributed by atoms with Gasteiger partial charge in [0, 0.05) is 19.4 Å². The summed E-state index contributed by atoms with van der Waals surface area (Å²) < 4.78 is 8.42. The van der Waals surface area contributed by atoms with Gasteiger partial charge in [-0.1, -0.05) is 5.21 Å². The molecule has 0 fully saturated rings. The molecule has 0 saturated carbocycles. The van der Waals surface area contributed by atoms with E-state index in [0.717, 1.165) is 0 Å². The molecule has 20 heavy (non-hydrogen) atoms. The minimum Gasteiger partial charge on any atom is -0.476 e. The molecule has 0 radical (unpaired) electrons. The summed E-state index contributed by atoms with van der Waals surface area (Å²) in [4.78, 5) is 15.4. The van der Waals surface area contributed by atoms with Crippen LogP contribution in [0.4, 0.5) is 0 Å². The first-order valence-electron chi connectivity index (χ1n) is 5.83. The Morgan fingerprint density at radius 3 is 2.95 bits per heavy atom. The molecule has 0 saturated heterocycles. The van der Waals surface area contributed by atoms with Crippen molar-refractivity contribution in [1.29, 1.82) is 0 Å². The van der Waals surface area contributed by atoms with Crippen molar-refractivity contribution in [3.05, 3.63) is 42.2 Å². The third-order valence-electron chi connectivity index (χ3n) is 2.86. The first-order chi connectivity index (χ1) is 9.66. The summed E-state index contributed by atoms with van der Waals surface area (Å²) in [5.74, 6) is -0.00468. The van der Waals surface area contributed by atoms with Crippen molar-refractivity contribution in [3.63, 3.8) is 0 Å². The van der Waals surface area contributed by atoms with E-state index in [4.69, 9.17) is 4.42 Å². The van der Waals surface area contributed by atoms with Crippen molar-refractivity contribution in [2.75, 3.05) is 0 Å². The number of aromatic carboxylic acids is 1. The fraction of sp³-hybridized carbons (Fsp3) is 0.167. The van der Waals surface area contributed by atoms with Crippen molar-refractivity contribution in [3.8, 4) is 11.5 Å². The average molecular weight is 273 g/mol. The van der Waals surface area contributed by atoms with Crippen LogP contribution >= 0.6 is 0 Å². The van der Waals surface area contributed by atoms with Crippen LogP contribution in [0.2, 0.25) is 0 Å². The Labute approximate surface area is 113 Å². The monoisotopic (exact) mass is 273 g/mol. The fourth-order valence-electron chi connectivity index (χ4n) is 1.93. The van der Waals surface area contributed by atoms with Crippen LogP contribution in [-0.4, -0.2) is 35.6 Å². The first kappa shape index (κ1) is 12.2. The van der Waals surface area contributed by atoms with E-state index in [9.17, 15) is 9.90 Å². The molecule has 1 N–H and O–H groups in total. The van der Waals surface area contributed by atoms with Gasteiger partial charge in [-0.3, -0.25) is 0 Å². The lowest BCUT2D eigenvalue weighted by atomic mass is 10.3. The van der Waals surface area contributed by atoms with Crippen LogP contribution in [0.1, 0.15) is 16.2 Å². The molecule has 3 aromatic heterocycles. The second-order valence-electron chi connectivity index (χ2n) is 4.19. The first-order valence-corrected chi connectivity index (χ1v) is 5.83. The SMILES string of the molecule is Cn1ccnc1-c1c(C(=O)O)nnn1Cc1ccco1. The van der Waals surface area contributed by atoms with Gasteiger partial charge in [0.25, 0.3) is 0 Å². The van der Waals surface area contributed by atoms with E-state index in [1.165, 1.54) is 4.68 Å². The number of imidazole rings is 1. The number of hydrogen-bond donors (Lipinski definition) is 1. The van der Waals surface area contributed by atoms with Crippen LogP contribution < -0.4 is 0 Å². The van der Waals surface area contributed by atoms with Gasteiger partial charge < -0.3 is 14.1 Å². The molecule has 0 atom stereocenters. The molecule has 0 aromatic carbocycles. The predicted molar refractivity (Wildman–Crippen MR) is 67.0 cm³/mol. The Morgan fingerprint density at radius 1 is 1.50 bits per heavy atom. The fourth-order valence-corrected chi connectivity index (χ4v) is 1.93. The highest BCUT2D eigenvalue weighted by Crippen LogP contribution is 2.21. The number of aromatic nitrogens is 5. The van der Waals surface area contributed by atoms with Gasteiger partial charge in [-0.2, -0.15) is 0 Å². The van der Waals surface area contributed by atoms with E-state index in [-0.39, 0.29) is 12.2 Å². The van der Waals surface area contributed by atoms with Crippen LogP contribution in [0.15, 0.2) is 35.2 Å². The van der Waals surface area contributed by atoms with Crippen LogP contribution in [0.25, 0.3) is 11.5 Å². The summed E-state index contributed by atoms with van der Waals surface area (Å²) in [6.45, 7) is 0.287. The molecule has 8 nitrogen and oxygen atoms in total. The number of carbonyl (C=O) groups is 1. The molecule has 0 aliphatic heterocycles. The normalized spacial score (nSPS) is 10.8. The Balaban J connectivity index is 2.11. The van der Waals surface area contributed by atoms with Gasteiger partial charge in [0.05, 0.1) is 6.26 Å². The zero-order valence-electron chi connectivity index (χ0n) is 10.6. The molecule has 0 bridgehead atoms. The quantitative estimate of drug-likeness (QED) is 0.761. The van der Waals surface area contributed by atoms with Crippen LogP contribution in [-0.2, 0) is 13.6 Å². The number of furan rings is 1. The number of aryl methyl sites for hydroxylation is 1. The van der Waals surface area contributed by atoms with E-state index in [1.54, 1.807) is 42.4 Å². The summed E-state index contributed by atoms with van der Waals surface area (Å²) in [5.41, 5.74) is 0.215. The molecule has 8 heteroatoms. The highest BCUT2D eigenvalue weighted by Gasteiger charge is 2.23. The molecule has 102 valence electrons. The lowest BCUT2D eigenvalue weighted by Crippen LogP contribution is -2.08. The number of carboxylic acid groups (broad SMARTS) is 1. The molecule has 0 amide bonds. The minimum atomic E-state index is -1.14. The third kappa shape index (κ3) is 1.96. The molecule has 0 spiro atoms. The number of hydrogen-bond acceptors (Lipinski definition) is 5. The van der Waals surface area contributed by atoms with Gasteiger partial charge in [0.15, 0.2) is 5.82 Å². The largest absolute Gasteiger partial charge is 0.476 e. The lowest BCUT2D eigenvalue weighted by molar-refractivity contribution is 0.0691. The maximum absolute atomic E-state index is 11.3. The molecular formula is C12H11N5O3. The highest BCUT2D eigenvalue weighted by atomic mass is 16.4. The van der Waals surface area contributed by atoms with Crippen molar-refractivity contribution >= 4 is 5.97 Å². The van der Waals surface area contributed by atoms with Gasteiger partial charge in [0.2, 0.25) is 5.69 Å². The summed E-state index contributed by atoms with van der Waals surface area (Å²) in [7, 11) is 1.78. The number of nitrogens with zero attached hydrogens (tertiary/aromatic N) is 5. The van der Waals surface area contributed by atoms with Gasteiger partial charge in [-0.25, -0.2) is 14.5 Å². The van der Waals surface area contributed by atoms with Crippen LogP contribution in [0.3, 0.4) is 0 Å². The van der Waals surface area contributed by atoms with Gasteiger partial charge in [0.1, 0.15) is 18.0 Å². The van der Waals surface area contributed by atoms with Gasteiger partial charge in [-0.15, -0.1) is 5.10 Å². The number of carboxylic acids is 1. The lowest BCUT2D eigenvalue weighted by Gasteiger charge is -2.05. The van der Waals surface area contributed by atoms with Crippen molar-refractivity contribution in [2.45, 2.75) is 6.54 Å². The van der Waals surface area contributed by atoms with Crippen LogP contribution in [0, 0.1) is 0 Å². The smallest absolute Gasteiger partial charge is 0.358 e. The topological polar surface area (TPSA) is 99.0 Å². The van der Waals surface area contributed by atoms with E-state index in [1.807, 2.05) is 0 Å². The number of rotatable bonds is 4. The summed E-state index contributed by atoms with van der Waals surface area (Å²) in [6.07, 6.45) is 4.86. The molecule has 3 rings (SSSR count). The zero-order chi connectivity index (χ0) is 14.1. The van der Waals surface area contributed by atoms with Gasteiger partial charge in [-0.05, 0) is 12.1 Å². The Bertz CT molecular complexity index is 741. The van der Waals surface area contributed by atoms with Crippen molar-refractivity contribution < 1.29 is 14.3 Å². The second-order valence-corrected chi connectivity index (χ2v) is 4.19. The molecule has 0 aliphatic rings. The minimum absolute atomic E-state index is 0.133.